The molecule has 2 aromatic heterocycles. The number of carbonyl (C=O) groups excluding carboxylic acids is 1. The van der Waals surface area contributed by atoms with Crippen molar-refractivity contribution in [3.8, 4) is 17.4 Å². The van der Waals surface area contributed by atoms with E-state index in [2.05, 4.69) is 15.2 Å². The number of rotatable bonds is 10. The van der Waals surface area contributed by atoms with Crippen LogP contribution in [0.1, 0.15) is 49.3 Å². The third kappa shape index (κ3) is 6.81. The maximum Gasteiger partial charge on any atom is 0.296 e. The standard InChI is InChI=1S/C32H36F2N6O4/c1-42-26-9-5-2-6-22(26)19-35-32(41)21-10-12-23(13-11-21)44-29-18-28(37-27(38-29)20-39-14-16-43-17-15-39)40-25-8-4-3-7-24(25)36-31(40)30(33)34/h2-9,18,21,23,30H,10-17,19-20H2,1H3,(H,35,41). The van der Waals surface area contributed by atoms with Crippen molar-refractivity contribution in [1.29, 1.82) is 0 Å². The van der Waals surface area contributed by atoms with Gasteiger partial charge in [-0.2, -0.15) is 4.98 Å². The lowest BCUT2D eigenvalue weighted by Gasteiger charge is -2.28. The van der Waals surface area contributed by atoms with Crippen LogP contribution in [0.3, 0.4) is 0 Å². The van der Waals surface area contributed by atoms with Crippen molar-refractivity contribution < 1.29 is 27.8 Å². The number of ether oxygens (including phenoxy) is 3. The monoisotopic (exact) mass is 606 g/mol. The minimum atomic E-state index is -2.80. The molecule has 3 heterocycles. The van der Waals surface area contributed by atoms with Crippen LogP contribution in [0.2, 0.25) is 0 Å². The fourth-order valence-electron chi connectivity index (χ4n) is 5.89. The molecule has 6 rings (SSSR count). The minimum Gasteiger partial charge on any atom is -0.496 e. The number of hydrogen-bond acceptors (Lipinski definition) is 8. The van der Waals surface area contributed by atoms with Crippen molar-refractivity contribution in [3.05, 3.63) is 71.8 Å². The number of aromatic nitrogens is 4. The van der Waals surface area contributed by atoms with E-state index in [4.69, 9.17) is 24.2 Å². The summed E-state index contributed by atoms with van der Waals surface area (Å²) < 4.78 is 46.9. The number of alkyl halides is 2. The topological polar surface area (TPSA) is 104 Å². The molecule has 0 atom stereocenters. The smallest absolute Gasteiger partial charge is 0.296 e. The molecule has 10 nitrogen and oxygen atoms in total. The maximum absolute atomic E-state index is 14.2. The molecule has 1 N–H and O–H groups in total. The molecule has 1 saturated carbocycles. The molecule has 1 amide bonds. The number of morpholine rings is 1. The van der Waals surface area contributed by atoms with Crippen LogP contribution in [-0.4, -0.2) is 69.8 Å². The highest BCUT2D eigenvalue weighted by molar-refractivity contribution is 5.79. The van der Waals surface area contributed by atoms with Crippen molar-refractivity contribution in [3.63, 3.8) is 0 Å². The molecule has 0 radical (unpaired) electrons. The molecule has 1 saturated heterocycles. The van der Waals surface area contributed by atoms with Gasteiger partial charge < -0.3 is 19.5 Å². The number of nitrogens with one attached hydrogen (secondary N) is 1. The molecule has 0 bridgehead atoms. The van der Waals surface area contributed by atoms with Crippen molar-refractivity contribution >= 4 is 16.9 Å². The van der Waals surface area contributed by atoms with Gasteiger partial charge in [-0.05, 0) is 43.9 Å². The van der Waals surface area contributed by atoms with Gasteiger partial charge in [0.25, 0.3) is 6.43 Å². The molecular formula is C32H36F2N6O4. The van der Waals surface area contributed by atoms with Crippen molar-refractivity contribution in [2.75, 3.05) is 33.4 Å². The zero-order valence-corrected chi connectivity index (χ0v) is 24.6. The molecule has 2 aromatic carbocycles. The van der Waals surface area contributed by atoms with E-state index in [1.165, 1.54) is 4.57 Å². The summed E-state index contributed by atoms with van der Waals surface area (Å²) in [5.41, 5.74) is 1.92. The summed E-state index contributed by atoms with van der Waals surface area (Å²) in [5, 5.41) is 3.04. The first kappa shape index (κ1) is 29.9. The van der Waals surface area contributed by atoms with Crippen molar-refractivity contribution in [2.45, 2.75) is 51.3 Å². The number of halogens is 2. The Labute approximate surface area is 254 Å². The summed E-state index contributed by atoms with van der Waals surface area (Å²) in [6.07, 6.45) is -0.288. The molecule has 12 heteroatoms. The molecule has 0 unspecified atom stereocenters. The third-order valence-electron chi connectivity index (χ3n) is 8.19. The first-order chi connectivity index (χ1) is 21.5. The summed E-state index contributed by atoms with van der Waals surface area (Å²) in [4.78, 5) is 28.7. The minimum absolute atomic E-state index is 0.0120. The highest BCUT2D eigenvalue weighted by Crippen LogP contribution is 2.31. The molecule has 2 aliphatic rings. The highest BCUT2D eigenvalue weighted by Gasteiger charge is 2.29. The number of hydrogen-bond donors (Lipinski definition) is 1. The Morgan fingerprint density at radius 3 is 2.55 bits per heavy atom. The molecule has 0 spiro atoms. The van der Waals surface area contributed by atoms with Crippen LogP contribution >= 0.6 is 0 Å². The van der Waals surface area contributed by atoms with E-state index >= 15 is 0 Å². The van der Waals surface area contributed by atoms with E-state index in [0.29, 0.717) is 74.7 Å². The quantitative estimate of drug-likeness (QED) is 0.273. The summed E-state index contributed by atoms with van der Waals surface area (Å²) >= 11 is 0. The van der Waals surface area contributed by atoms with Gasteiger partial charge in [0.1, 0.15) is 23.5 Å². The Kier molecular flexibility index (Phi) is 9.27. The molecule has 4 aromatic rings. The molecular weight excluding hydrogens is 570 g/mol. The fraction of sp³-hybridized carbons (Fsp3) is 0.438. The largest absolute Gasteiger partial charge is 0.496 e. The predicted octanol–water partition coefficient (Wildman–Crippen LogP) is 4.85. The van der Waals surface area contributed by atoms with Gasteiger partial charge in [0.05, 0.1) is 37.9 Å². The third-order valence-corrected chi connectivity index (χ3v) is 8.19. The number of para-hydroxylation sites is 3. The van der Waals surface area contributed by atoms with E-state index in [-0.39, 0.29) is 29.6 Å². The lowest BCUT2D eigenvalue weighted by molar-refractivity contribution is -0.126. The Balaban J connectivity index is 1.18. The second kappa shape index (κ2) is 13.6. The number of nitrogens with zero attached hydrogens (tertiary/aromatic N) is 5. The van der Waals surface area contributed by atoms with Gasteiger partial charge in [0.15, 0.2) is 5.82 Å². The van der Waals surface area contributed by atoms with Gasteiger partial charge >= 0.3 is 0 Å². The molecule has 2 fully saturated rings. The lowest BCUT2D eigenvalue weighted by atomic mass is 9.86. The number of fused-ring (bicyclic) bond motifs is 1. The van der Waals surface area contributed by atoms with Gasteiger partial charge in [-0.25, -0.2) is 18.7 Å². The molecule has 232 valence electrons. The first-order valence-electron chi connectivity index (χ1n) is 15.0. The van der Waals surface area contributed by atoms with Crippen molar-refractivity contribution in [1.82, 2.24) is 29.7 Å². The predicted molar refractivity (Wildman–Crippen MR) is 159 cm³/mol. The van der Waals surface area contributed by atoms with Gasteiger partial charge in [-0.15, -0.1) is 0 Å². The number of amides is 1. The van der Waals surface area contributed by atoms with Crippen LogP contribution in [0.4, 0.5) is 8.78 Å². The number of methoxy groups -OCH3 is 1. The second-order valence-electron chi connectivity index (χ2n) is 11.1. The van der Waals surface area contributed by atoms with Crippen LogP contribution in [0.25, 0.3) is 16.9 Å². The zero-order chi connectivity index (χ0) is 30.5. The normalized spacial score (nSPS) is 19.3. The zero-order valence-electron chi connectivity index (χ0n) is 24.6. The summed E-state index contributed by atoms with van der Waals surface area (Å²) in [6.45, 7) is 3.51. The van der Waals surface area contributed by atoms with Crippen LogP contribution in [0, 0.1) is 5.92 Å². The Morgan fingerprint density at radius 2 is 1.77 bits per heavy atom. The first-order valence-corrected chi connectivity index (χ1v) is 15.0. The van der Waals surface area contributed by atoms with Gasteiger partial charge in [-0.1, -0.05) is 30.3 Å². The summed E-state index contributed by atoms with van der Waals surface area (Å²) in [6, 6.07) is 16.2. The van der Waals surface area contributed by atoms with Gasteiger partial charge in [0, 0.05) is 37.2 Å². The molecule has 44 heavy (non-hydrogen) atoms. The Hall–Kier alpha value is -4.16. The van der Waals surface area contributed by atoms with Crippen LogP contribution in [0.15, 0.2) is 54.6 Å². The van der Waals surface area contributed by atoms with Crippen LogP contribution in [-0.2, 0) is 22.6 Å². The number of imidazole rings is 1. The second-order valence-corrected chi connectivity index (χ2v) is 11.1. The fourth-order valence-corrected chi connectivity index (χ4v) is 5.89. The Bertz CT molecular complexity index is 1580. The summed E-state index contributed by atoms with van der Waals surface area (Å²) in [7, 11) is 1.61. The lowest BCUT2D eigenvalue weighted by Crippen LogP contribution is -2.36. The van der Waals surface area contributed by atoms with Crippen LogP contribution < -0.4 is 14.8 Å². The van der Waals surface area contributed by atoms with Crippen molar-refractivity contribution in [2.24, 2.45) is 5.92 Å². The Morgan fingerprint density at radius 1 is 1.02 bits per heavy atom. The van der Waals surface area contributed by atoms with Gasteiger partial charge in [0.2, 0.25) is 11.8 Å². The van der Waals surface area contributed by atoms with E-state index in [1.807, 2.05) is 24.3 Å². The van der Waals surface area contributed by atoms with E-state index in [9.17, 15) is 13.6 Å². The molecule has 1 aliphatic carbocycles. The number of benzene rings is 2. The maximum atomic E-state index is 14.2. The average molecular weight is 607 g/mol. The van der Waals surface area contributed by atoms with Gasteiger partial charge in [-0.3, -0.25) is 14.3 Å². The summed E-state index contributed by atoms with van der Waals surface area (Å²) in [5.74, 6) is 1.33. The SMILES string of the molecule is COc1ccccc1CNC(=O)C1CCC(Oc2cc(-n3c(C(F)F)nc4ccccc43)nc(CN3CCOCC3)n2)CC1. The van der Waals surface area contributed by atoms with Crippen LogP contribution in [0.5, 0.6) is 11.6 Å². The number of carbonyl (C=O) groups is 1. The highest BCUT2D eigenvalue weighted by atomic mass is 19.3. The van der Waals surface area contributed by atoms with E-state index in [0.717, 1.165) is 24.4 Å². The van der Waals surface area contributed by atoms with E-state index < -0.39 is 6.43 Å². The average Bonchev–Trinajstić information content (AvgIpc) is 3.45. The van der Waals surface area contributed by atoms with E-state index in [1.54, 1.807) is 37.4 Å². The molecule has 1 aliphatic heterocycles.